The smallest absolute Gasteiger partial charge is 0.183 e. The van der Waals surface area contributed by atoms with Crippen molar-refractivity contribution in [2.24, 2.45) is 23.2 Å². The van der Waals surface area contributed by atoms with Crippen molar-refractivity contribution in [1.29, 1.82) is 0 Å². The normalized spacial score (nSPS) is 27.4. The monoisotopic (exact) mass is 538 g/mol. The number of fused-ring (bicyclic) bond motifs is 3. The van der Waals surface area contributed by atoms with Gasteiger partial charge in [-0.2, -0.15) is 5.10 Å². The molecule has 0 spiro atoms. The molecule has 0 aliphatic heterocycles. The molecule has 0 saturated heterocycles. The van der Waals surface area contributed by atoms with Crippen LogP contribution in [0.5, 0.6) is 0 Å². The molecule has 4 saturated carbocycles. The topological polar surface area (TPSA) is 34.9 Å². The van der Waals surface area contributed by atoms with Crippen LogP contribution in [0.15, 0.2) is 30.3 Å². The molecule has 5 aliphatic carbocycles. The minimum atomic E-state index is 0.154. The number of hydrogen-bond acceptors (Lipinski definition) is 2. The van der Waals surface area contributed by atoms with Crippen molar-refractivity contribution in [2.75, 3.05) is 0 Å². The van der Waals surface area contributed by atoms with Gasteiger partial charge in [0.15, 0.2) is 5.78 Å². The van der Waals surface area contributed by atoms with Gasteiger partial charge in [-0.25, -0.2) is 4.68 Å². The molecule has 36 heavy (non-hydrogen) atoms. The van der Waals surface area contributed by atoms with Crippen molar-refractivity contribution >= 4 is 40.6 Å². The Labute approximate surface area is 227 Å². The summed E-state index contributed by atoms with van der Waals surface area (Å²) in [5.74, 6) is 2.83. The summed E-state index contributed by atoms with van der Waals surface area (Å²) in [6.45, 7) is 2.02. The Kier molecular flexibility index (Phi) is 5.41. The summed E-state index contributed by atoms with van der Waals surface area (Å²) in [6, 6.07) is 9.54. The first-order valence-corrected chi connectivity index (χ1v) is 14.3. The first-order chi connectivity index (χ1) is 17.3. The average molecular weight is 540 g/mol. The van der Waals surface area contributed by atoms with Crippen LogP contribution in [0.1, 0.15) is 78.5 Å². The molecule has 1 aromatic heterocycles. The third-order valence-corrected chi connectivity index (χ3v) is 10.4. The van der Waals surface area contributed by atoms with E-state index in [-0.39, 0.29) is 5.78 Å². The first kappa shape index (κ1) is 23.3. The van der Waals surface area contributed by atoms with Crippen LogP contribution in [-0.2, 0) is 6.42 Å². The van der Waals surface area contributed by atoms with Crippen molar-refractivity contribution in [3.63, 3.8) is 0 Å². The van der Waals surface area contributed by atoms with E-state index in [0.29, 0.717) is 39.0 Å². The summed E-state index contributed by atoms with van der Waals surface area (Å²) >= 11 is 19.3. The van der Waals surface area contributed by atoms with Crippen molar-refractivity contribution in [3.05, 3.63) is 67.8 Å². The van der Waals surface area contributed by atoms with E-state index in [9.17, 15) is 4.79 Å². The van der Waals surface area contributed by atoms with Gasteiger partial charge < -0.3 is 0 Å². The highest BCUT2D eigenvalue weighted by atomic mass is 35.5. The van der Waals surface area contributed by atoms with Crippen molar-refractivity contribution in [1.82, 2.24) is 9.78 Å². The molecule has 0 radical (unpaired) electrons. The minimum absolute atomic E-state index is 0.154. The Morgan fingerprint density at radius 3 is 2.36 bits per heavy atom. The Bertz CT molecular complexity index is 1390. The largest absolute Gasteiger partial charge is 0.292 e. The van der Waals surface area contributed by atoms with Gasteiger partial charge in [-0.15, -0.1) is 0 Å². The van der Waals surface area contributed by atoms with Crippen LogP contribution >= 0.6 is 34.8 Å². The Balaban J connectivity index is 1.26. The molecule has 3 aromatic rings. The van der Waals surface area contributed by atoms with Gasteiger partial charge >= 0.3 is 0 Å². The van der Waals surface area contributed by atoms with Crippen LogP contribution in [0.4, 0.5) is 0 Å². The van der Waals surface area contributed by atoms with Crippen molar-refractivity contribution < 1.29 is 4.79 Å². The van der Waals surface area contributed by atoms with Gasteiger partial charge in [0.25, 0.3) is 0 Å². The second-order valence-electron chi connectivity index (χ2n) is 12.0. The van der Waals surface area contributed by atoms with Crippen LogP contribution in [0.2, 0.25) is 15.1 Å². The van der Waals surface area contributed by atoms with Crippen molar-refractivity contribution in [3.8, 4) is 16.9 Å². The maximum absolute atomic E-state index is 13.8. The molecule has 8 rings (SSSR count). The highest BCUT2D eigenvalue weighted by molar-refractivity contribution is 6.35. The summed E-state index contributed by atoms with van der Waals surface area (Å²) < 4.78 is 1.84. The highest BCUT2D eigenvalue weighted by Crippen LogP contribution is 2.61. The lowest BCUT2D eigenvalue weighted by atomic mass is 9.48. The molecule has 5 aliphatic rings. The number of Topliss-reactive ketones (excluding diaryl/α,β-unsaturated/α-hetero) is 1. The number of benzene rings is 2. The minimum Gasteiger partial charge on any atom is -0.292 e. The zero-order valence-electron chi connectivity index (χ0n) is 20.4. The third kappa shape index (κ3) is 3.68. The maximum atomic E-state index is 13.8. The zero-order valence-corrected chi connectivity index (χ0v) is 22.7. The van der Waals surface area contributed by atoms with Crippen LogP contribution in [0, 0.1) is 30.1 Å². The summed E-state index contributed by atoms with van der Waals surface area (Å²) in [7, 11) is 0. The molecular weight excluding hydrogens is 511 g/mol. The highest BCUT2D eigenvalue weighted by Gasteiger charge is 2.50. The SMILES string of the molecule is Cc1cc2c(cc1Cl)-c1c(c(C(=O)CCC34CC5CC(CC(C5)C3)C4)nn1-c1ccc(Cl)cc1Cl)C2. The molecule has 4 bridgehead atoms. The lowest BCUT2D eigenvalue weighted by Gasteiger charge is -2.57. The molecule has 3 nitrogen and oxygen atoms in total. The maximum Gasteiger partial charge on any atom is 0.183 e. The van der Waals surface area contributed by atoms with Crippen LogP contribution < -0.4 is 0 Å². The number of aromatic nitrogens is 2. The van der Waals surface area contributed by atoms with Crippen LogP contribution in [-0.4, -0.2) is 15.6 Å². The molecule has 6 heteroatoms. The van der Waals surface area contributed by atoms with E-state index in [1.165, 1.54) is 44.1 Å². The number of hydrogen-bond donors (Lipinski definition) is 0. The van der Waals surface area contributed by atoms with Gasteiger partial charge in [-0.1, -0.05) is 40.9 Å². The van der Waals surface area contributed by atoms with Crippen LogP contribution in [0.25, 0.3) is 16.9 Å². The second kappa shape index (κ2) is 8.35. The lowest BCUT2D eigenvalue weighted by Crippen LogP contribution is -2.46. The predicted molar refractivity (Wildman–Crippen MR) is 146 cm³/mol. The number of aryl methyl sites for hydroxylation is 1. The van der Waals surface area contributed by atoms with E-state index < -0.39 is 0 Å². The standard InChI is InChI=1S/C30H29Cl3N2O/c1-16-6-20-10-23-28(27(36)4-5-30-13-17-7-18(14-30)9-19(8-17)15-30)34-35(29(23)22(20)12-24(16)32)26-3-2-21(31)11-25(26)33/h2-3,6,11-12,17-19H,4-5,7-10,13-15H2,1H3. The van der Waals surface area contributed by atoms with Gasteiger partial charge in [0.2, 0.25) is 0 Å². The fourth-order valence-corrected chi connectivity index (χ4v) is 8.99. The molecule has 0 N–H and O–H groups in total. The third-order valence-electron chi connectivity index (χ3n) is 9.44. The summed E-state index contributed by atoms with van der Waals surface area (Å²) in [5.41, 5.74) is 6.86. The Morgan fingerprint density at radius 1 is 1.00 bits per heavy atom. The quantitative estimate of drug-likeness (QED) is 0.237. The Morgan fingerprint density at radius 2 is 1.69 bits per heavy atom. The van der Waals surface area contributed by atoms with E-state index in [4.69, 9.17) is 39.9 Å². The number of halogens is 3. The molecule has 0 amide bonds. The number of carbonyl (C=O) groups excluding carboxylic acids is 1. The van der Waals surface area contributed by atoms with E-state index in [2.05, 4.69) is 6.07 Å². The van der Waals surface area contributed by atoms with Crippen molar-refractivity contribution in [2.45, 2.75) is 64.7 Å². The lowest BCUT2D eigenvalue weighted by molar-refractivity contribution is -0.0570. The number of rotatable bonds is 5. The predicted octanol–water partition coefficient (Wildman–Crippen LogP) is 8.89. The average Bonchev–Trinajstić information content (AvgIpc) is 3.34. The number of carbonyl (C=O) groups is 1. The summed E-state index contributed by atoms with van der Waals surface area (Å²) in [4.78, 5) is 13.8. The van der Waals surface area contributed by atoms with Gasteiger partial charge in [-0.05, 0) is 110 Å². The first-order valence-electron chi connectivity index (χ1n) is 13.2. The fourth-order valence-electron chi connectivity index (χ4n) is 8.34. The van der Waals surface area contributed by atoms with Gasteiger partial charge in [0.1, 0.15) is 5.69 Å². The van der Waals surface area contributed by atoms with E-state index in [1.54, 1.807) is 6.07 Å². The molecule has 0 unspecified atom stereocenters. The fraction of sp³-hybridized carbons (Fsp3) is 0.467. The second-order valence-corrected chi connectivity index (χ2v) is 13.2. The van der Waals surface area contributed by atoms with E-state index >= 15 is 0 Å². The molecular formula is C30H29Cl3N2O. The van der Waals surface area contributed by atoms with E-state index in [1.807, 2.05) is 29.8 Å². The number of nitrogens with zero attached hydrogens (tertiary/aromatic N) is 2. The Hall–Kier alpha value is -1.81. The summed E-state index contributed by atoms with van der Waals surface area (Å²) in [5, 5.41) is 6.69. The molecule has 2 aromatic carbocycles. The molecule has 4 fully saturated rings. The molecule has 1 heterocycles. The number of ketones is 1. The molecule has 0 atom stereocenters. The van der Waals surface area contributed by atoms with E-state index in [0.717, 1.165) is 52.2 Å². The summed E-state index contributed by atoms with van der Waals surface area (Å²) in [6.07, 6.45) is 10.5. The van der Waals surface area contributed by atoms with Gasteiger partial charge in [0, 0.05) is 34.0 Å². The molecule has 186 valence electrons. The van der Waals surface area contributed by atoms with Gasteiger partial charge in [0.05, 0.1) is 16.4 Å². The van der Waals surface area contributed by atoms with Crippen LogP contribution in [0.3, 0.4) is 0 Å². The van der Waals surface area contributed by atoms with Gasteiger partial charge in [-0.3, -0.25) is 4.79 Å². The zero-order chi connectivity index (χ0) is 24.8.